The van der Waals surface area contributed by atoms with Crippen molar-refractivity contribution in [1.29, 1.82) is 5.26 Å². The van der Waals surface area contributed by atoms with Gasteiger partial charge in [-0.25, -0.2) is 4.98 Å². The Hall–Kier alpha value is -1.80. The van der Waals surface area contributed by atoms with E-state index in [1.54, 1.807) is 6.07 Å². The SMILES string of the molecule is N#Cc1cnc(N)cc1NCCOC1CC1. The van der Waals surface area contributed by atoms with Gasteiger partial charge in [0.25, 0.3) is 0 Å². The largest absolute Gasteiger partial charge is 0.384 e. The Kier molecular flexibility index (Phi) is 3.22. The third kappa shape index (κ3) is 2.84. The Morgan fingerprint density at radius 2 is 2.44 bits per heavy atom. The third-order valence-corrected chi connectivity index (χ3v) is 2.34. The van der Waals surface area contributed by atoms with Crippen molar-refractivity contribution in [3.05, 3.63) is 17.8 Å². The molecule has 1 heterocycles. The fourth-order valence-corrected chi connectivity index (χ4v) is 1.35. The van der Waals surface area contributed by atoms with Gasteiger partial charge in [-0.05, 0) is 12.8 Å². The highest BCUT2D eigenvalue weighted by molar-refractivity contribution is 5.60. The molecule has 1 aromatic rings. The molecule has 0 aromatic carbocycles. The Morgan fingerprint density at radius 3 is 3.12 bits per heavy atom. The molecule has 0 bridgehead atoms. The highest BCUT2D eigenvalue weighted by Crippen LogP contribution is 2.23. The first kappa shape index (κ1) is 10.7. The van der Waals surface area contributed by atoms with Gasteiger partial charge in [-0.1, -0.05) is 0 Å². The number of nitriles is 1. The lowest BCUT2D eigenvalue weighted by atomic mass is 10.2. The molecule has 0 aliphatic heterocycles. The van der Waals surface area contributed by atoms with E-state index in [-0.39, 0.29) is 0 Å². The van der Waals surface area contributed by atoms with Crippen LogP contribution >= 0.6 is 0 Å². The van der Waals surface area contributed by atoms with Crippen molar-refractivity contribution in [1.82, 2.24) is 4.98 Å². The van der Waals surface area contributed by atoms with Crippen molar-refractivity contribution in [3.8, 4) is 6.07 Å². The number of nitrogens with zero attached hydrogens (tertiary/aromatic N) is 2. The first-order valence-electron chi connectivity index (χ1n) is 5.30. The number of hydrogen-bond acceptors (Lipinski definition) is 5. The second kappa shape index (κ2) is 4.81. The molecule has 0 unspecified atom stereocenters. The minimum absolute atomic E-state index is 0.407. The standard InChI is InChI=1S/C11H14N4O/c12-6-8-7-15-11(13)5-10(8)14-3-4-16-9-1-2-9/h5,7,9H,1-4H2,(H3,13,14,15). The molecule has 0 radical (unpaired) electrons. The van der Waals surface area contributed by atoms with Crippen LogP contribution in [0, 0.1) is 11.3 Å². The molecule has 84 valence electrons. The molecule has 1 saturated carbocycles. The highest BCUT2D eigenvalue weighted by Gasteiger charge is 2.21. The van der Waals surface area contributed by atoms with Gasteiger partial charge in [0.1, 0.15) is 11.9 Å². The van der Waals surface area contributed by atoms with Crippen molar-refractivity contribution in [2.24, 2.45) is 0 Å². The van der Waals surface area contributed by atoms with Gasteiger partial charge in [0.15, 0.2) is 0 Å². The van der Waals surface area contributed by atoms with E-state index in [0.717, 1.165) is 5.69 Å². The van der Waals surface area contributed by atoms with E-state index < -0.39 is 0 Å². The van der Waals surface area contributed by atoms with Crippen molar-refractivity contribution in [3.63, 3.8) is 0 Å². The summed E-state index contributed by atoms with van der Waals surface area (Å²) < 4.78 is 5.49. The Bertz CT molecular complexity index is 409. The first-order chi connectivity index (χ1) is 7.79. The molecule has 0 saturated heterocycles. The third-order valence-electron chi connectivity index (χ3n) is 2.34. The smallest absolute Gasteiger partial charge is 0.125 e. The second-order valence-electron chi connectivity index (χ2n) is 3.76. The molecular formula is C11H14N4O. The number of aromatic nitrogens is 1. The lowest BCUT2D eigenvalue weighted by Crippen LogP contribution is -2.11. The van der Waals surface area contributed by atoms with E-state index in [9.17, 15) is 0 Å². The number of pyridine rings is 1. The molecule has 1 aliphatic carbocycles. The fourth-order valence-electron chi connectivity index (χ4n) is 1.35. The van der Waals surface area contributed by atoms with Crippen LogP contribution < -0.4 is 11.1 Å². The zero-order chi connectivity index (χ0) is 11.4. The van der Waals surface area contributed by atoms with Crippen LogP contribution in [0.15, 0.2) is 12.3 Å². The van der Waals surface area contributed by atoms with Crippen LogP contribution in [0.2, 0.25) is 0 Å². The molecule has 5 nitrogen and oxygen atoms in total. The average Bonchev–Trinajstić information content (AvgIpc) is 3.08. The molecule has 5 heteroatoms. The van der Waals surface area contributed by atoms with E-state index >= 15 is 0 Å². The number of nitrogen functional groups attached to an aromatic ring is 1. The summed E-state index contributed by atoms with van der Waals surface area (Å²) in [6.45, 7) is 1.33. The summed E-state index contributed by atoms with van der Waals surface area (Å²) in [5.41, 5.74) is 6.77. The van der Waals surface area contributed by atoms with Gasteiger partial charge in [0.05, 0.1) is 24.0 Å². The van der Waals surface area contributed by atoms with E-state index in [4.69, 9.17) is 15.7 Å². The molecule has 0 spiro atoms. The topological polar surface area (TPSA) is 84.0 Å². The first-order valence-corrected chi connectivity index (χ1v) is 5.30. The van der Waals surface area contributed by atoms with Crippen LogP contribution in [-0.4, -0.2) is 24.2 Å². The zero-order valence-corrected chi connectivity index (χ0v) is 8.94. The van der Waals surface area contributed by atoms with E-state index in [0.29, 0.717) is 30.6 Å². The lowest BCUT2D eigenvalue weighted by molar-refractivity contribution is 0.129. The molecule has 16 heavy (non-hydrogen) atoms. The molecule has 0 amide bonds. The number of nitrogens with one attached hydrogen (secondary N) is 1. The Morgan fingerprint density at radius 1 is 1.62 bits per heavy atom. The molecule has 1 fully saturated rings. The quantitative estimate of drug-likeness (QED) is 0.724. The van der Waals surface area contributed by atoms with Gasteiger partial charge in [-0.3, -0.25) is 0 Å². The molecule has 1 aromatic heterocycles. The van der Waals surface area contributed by atoms with E-state index in [1.165, 1.54) is 19.0 Å². The minimum Gasteiger partial charge on any atom is -0.384 e. The molecule has 1 aliphatic rings. The fraction of sp³-hybridized carbons (Fsp3) is 0.455. The van der Waals surface area contributed by atoms with Gasteiger partial charge >= 0.3 is 0 Å². The maximum Gasteiger partial charge on any atom is 0.125 e. The maximum absolute atomic E-state index is 8.86. The van der Waals surface area contributed by atoms with Gasteiger partial charge in [0.2, 0.25) is 0 Å². The molecule has 3 N–H and O–H groups in total. The van der Waals surface area contributed by atoms with E-state index in [2.05, 4.69) is 16.4 Å². The summed E-state index contributed by atoms with van der Waals surface area (Å²) >= 11 is 0. The van der Waals surface area contributed by atoms with Crippen LogP contribution in [-0.2, 0) is 4.74 Å². The van der Waals surface area contributed by atoms with Gasteiger partial charge in [0, 0.05) is 18.8 Å². The van der Waals surface area contributed by atoms with Crippen molar-refractivity contribution >= 4 is 11.5 Å². The predicted octanol–water partition coefficient (Wildman–Crippen LogP) is 1.13. The summed E-state index contributed by atoms with van der Waals surface area (Å²) in [6.07, 6.45) is 4.27. The number of anilines is 2. The van der Waals surface area contributed by atoms with E-state index in [1.807, 2.05) is 0 Å². The van der Waals surface area contributed by atoms with Crippen molar-refractivity contribution in [2.75, 3.05) is 24.2 Å². The summed E-state index contributed by atoms with van der Waals surface area (Å²) in [7, 11) is 0. The number of hydrogen-bond donors (Lipinski definition) is 2. The average molecular weight is 218 g/mol. The highest BCUT2D eigenvalue weighted by atomic mass is 16.5. The van der Waals surface area contributed by atoms with Gasteiger partial charge < -0.3 is 15.8 Å². The zero-order valence-electron chi connectivity index (χ0n) is 8.94. The number of ether oxygens (including phenoxy) is 1. The second-order valence-corrected chi connectivity index (χ2v) is 3.76. The minimum atomic E-state index is 0.407. The van der Waals surface area contributed by atoms with Crippen molar-refractivity contribution in [2.45, 2.75) is 18.9 Å². The van der Waals surface area contributed by atoms with Crippen LogP contribution in [0.25, 0.3) is 0 Å². The van der Waals surface area contributed by atoms with Gasteiger partial charge in [-0.15, -0.1) is 0 Å². The van der Waals surface area contributed by atoms with Crippen LogP contribution in [0.4, 0.5) is 11.5 Å². The maximum atomic E-state index is 8.86. The predicted molar refractivity (Wildman–Crippen MR) is 60.8 cm³/mol. The summed E-state index contributed by atoms with van der Waals surface area (Å²) in [5.74, 6) is 0.407. The van der Waals surface area contributed by atoms with Gasteiger partial charge in [-0.2, -0.15) is 5.26 Å². The van der Waals surface area contributed by atoms with Crippen LogP contribution in [0.5, 0.6) is 0 Å². The molecule has 2 rings (SSSR count). The Balaban J connectivity index is 1.86. The van der Waals surface area contributed by atoms with Crippen LogP contribution in [0.3, 0.4) is 0 Å². The number of nitrogens with two attached hydrogens (primary N) is 1. The van der Waals surface area contributed by atoms with Crippen LogP contribution in [0.1, 0.15) is 18.4 Å². The summed E-state index contributed by atoms with van der Waals surface area (Å²) in [5, 5.41) is 12.0. The normalized spacial score (nSPS) is 14.4. The lowest BCUT2D eigenvalue weighted by Gasteiger charge is -2.08. The molecule has 0 atom stereocenters. The Labute approximate surface area is 94.2 Å². The van der Waals surface area contributed by atoms with Crippen molar-refractivity contribution < 1.29 is 4.74 Å². The number of rotatable bonds is 5. The summed E-state index contributed by atoms with van der Waals surface area (Å²) in [4.78, 5) is 3.86. The summed E-state index contributed by atoms with van der Waals surface area (Å²) in [6, 6.07) is 3.73. The monoisotopic (exact) mass is 218 g/mol. The molecular weight excluding hydrogens is 204 g/mol.